The standard InChI is InChI=1S/C6H8O4/c7-4-3-5(10-3)9-2-1-6(2,4)8/h2-5,7-8H,1H2/t2?,3-,4?,5?,6+/m1/s1. The summed E-state index contributed by atoms with van der Waals surface area (Å²) in [6.45, 7) is 0. The molecule has 1 aliphatic carbocycles. The van der Waals surface area contributed by atoms with Crippen LogP contribution in [0.1, 0.15) is 6.42 Å². The zero-order valence-electron chi connectivity index (χ0n) is 5.23. The molecule has 4 nitrogen and oxygen atoms in total. The van der Waals surface area contributed by atoms with Gasteiger partial charge in [-0.1, -0.05) is 0 Å². The molecule has 2 N–H and O–H groups in total. The summed E-state index contributed by atoms with van der Waals surface area (Å²) in [5.74, 6) is 0. The Labute approximate surface area is 57.4 Å². The summed E-state index contributed by atoms with van der Waals surface area (Å²) in [4.78, 5) is 0. The average molecular weight is 144 g/mol. The zero-order chi connectivity index (χ0) is 6.93. The molecule has 0 aromatic rings. The lowest BCUT2D eigenvalue weighted by atomic mass is 10.1. The molecule has 4 heteroatoms. The molecule has 2 heterocycles. The van der Waals surface area contributed by atoms with E-state index in [1.54, 1.807) is 0 Å². The Hall–Kier alpha value is -0.160. The molecule has 5 atom stereocenters. The molecule has 0 aromatic heterocycles. The van der Waals surface area contributed by atoms with Crippen LogP contribution >= 0.6 is 0 Å². The third-order valence-electron chi connectivity index (χ3n) is 2.51. The van der Waals surface area contributed by atoms with E-state index in [0.29, 0.717) is 6.42 Å². The molecule has 3 unspecified atom stereocenters. The Morgan fingerprint density at radius 2 is 2.20 bits per heavy atom. The van der Waals surface area contributed by atoms with Gasteiger partial charge in [0.25, 0.3) is 0 Å². The van der Waals surface area contributed by atoms with Gasteiger partial charge in [0.2, 0.25) is 0 Å². The first-order valence-electron chi connectivity index (χ1n) is 3.43. The molecule has 1 saturated carbocycles. The maximum absolute atomic E-state index is 9.46. The molecule has 0 bridgehead atoms. The minimum Gasteiger partial charge on any atom is -0.387 e. The van der Waals surface area contributed by atoms with E-state index in [4.69, 9.17) is 9.47 Å². The van der Waals surface area contributed by atoms with E-state index in [1.165, 1.54) is 0 Å². The van der Waals surface area contributed by atoms with Crippen LogP contribution in [-0.2, 0) is 9.47 Å². The van der Waals surface area contributed by atoms with Gasteiger partial charge in [0.05, 0.1) is 6.10 Å². The average Bonchev–Trinajstić information content (AvgIpc) is 2.70. The van der Waals surface area contributed by atoms with E-state index >= 15 is 0 Å². The Morgan fingerprint density at radius 1 is 1.40 bits per heavy atom. The predicted octanol–water partition coefficient (Wildman–Crippen LogP) is -1.39. The van der Waals surface area contributed by atoms with Gasteiger partial charge in [-0.25, -0.2) is 0 Å². The van der Waals surface area contributed by atoms with Crippen LogP contribution in [0, 0.1) is 0 Å². The van der Waals surface area contributed by atoms with Gasteiger partial charge in [-0.15, -0.1) is 0 Å². The maximum Gasteiger partial charge on any atom is 0.187 e. The molecule has 2 aliphatic heterocycles. The molecule has 0 radical (unpaired) electrons. The van der Waals surface area contributed by atoms with Gasteiger partial charge in [0.1, 0.15) is 17.8 Å². The first-order chi connectivity index (χ1) is 4.72. The topological polar surface area (TPSA) is 62.2 Å². The smallest absolute Gasteiger partial charge is 0.187 e. The van der Waals surface area contributed by atoms with Crippen molar-refractivity contribution in [3.63, 3.8) is 0 Å². The number of fused-ring (bicyclic) bond motifs is 2. The highest BCUT2D eigenvalue weighted by Crippen LogP contribution is 2.53. The lowest BCUT2D eigenvalue weighted by molar-refractivity contribution is -0.0822. The van der Waals surface area contributed by atoms with Crippen LogP contribution in [0.4, 0.5) is 0 Å². The molecule has 3 fully saturated rings. The molecular formula is C6H8O4. The van der Waals surface area contributed by atoms with Crippen molar-refractivity contribution in [2.24, 2.45) is 0 Å². The number of aliphatic hydroxyl groups is 2. The van der Waals surface area contributed by atoms with Crippen molar-refractivity contribution in [2.45, 2.75) is 36.6 Å². The monoisotopic (exact) mass is 144 g/mol. The molecule has 0 amide bonds. The van der Waals surface area contributed by atoms with E-state index in [-0.39, 0.29) is 18.5 Å². The van der Waals surface area contributed by atoms with Gasteiger partial charge < -0.3 is 19.7 Å². The normalized spacial score (nSPS) is 70.2. The van der Waals surface area contributed by atoms with Crippen molar-refractivity contribution < 1.29 is 19.7 Å². The highest BCUT2D eigenvalue weighted by atomic mass is 16.8. The third-order valence-corrected chi connectivity index (χ3v) is 2.51. The SMILES string of the molecule is OC1[C@H]2OC2OC2C[C@]21O. The van der Waals surface area contributed by atoms with E-state index in [9.17, 15) is 10.2 Å². The van der Waals surface area contributed by atoms with Crippen LogP contribution in [-0.4, -0.2) is 40.4 Å². The molecule has 10 heavy (non-hydrogen) atoms. The number of epoxide rings is 1. The Morgan fingerprint density at radius 3 is 3.00 bits per heavy atom. The second kappa shape index (κ2) is 1.25. The summed E-state index contributed by atoms with van der Waals surface area (Å²) in [5.41, 5.74) is -0.975. The third kappa shape index (κ3) is 0.441. The molecule has 56 valence electrons. The summed E-state index contributed by atoms with van der Waals surface area (Å²) in [7, 11) is 0. The lowest BCUT2D eigenvalue weighted by Gasteiger charge is -2.19. The summed E-state index contributed by atoms with van der Waals surface area (Å²) in [5, 5.41) is 18.8. The van der Waals surface area contributed by atoms with Gasteiger partial charge in [-0.05, 0) is 0 Å². The number of aliphatic hydroxyl groups excluding tert-OH is 1. The Bertz CT molecular complexity index is 194. The van der Waals surface area contributed by atoms with Crippen LogP contribution in [0.5, 0.6) is 0 Å². The van der Waals surface area contributed by atoms with Crippen molar-refractivity contribution in [3.8, 4) is 0 Å². The second-order valence-corrected chi connectivity index (χ2v) is 3.23. The van der Waals surface area contributed by atoms with Crippen molar-refractivity contribution in [2.75, 3.05) is 0 Å². The number of hydrogen-bond donors (Lipinski definition) is 2. The highest BCUT2D eigenvalue weighted by molar-refractivity contribution is 5.18. The molecule has 0 spiro atoms. The lowest BCUT2D eigenvalue weighted by Crippen LogP contribution is -2.41. The first kappa shape index (κ1) is 5.49. The van der Waals surface area contributed by atoms with Crippen LogP contribution in [0.25, 0.3) is 0 Å². The molecule has 2 saturated heterocycles. The van der Waals surface area contributed by atoms with Gasteiger partial charge in [0, 0.05) is 6.42 Å². The van der Waals surface area contributed by atoms with Crippen molar-refractivity contribution >= 4 is 0 Å². The fourth-order valence-electron chi connectivity index (χ4n) is 1.60. The fourth-order valence-corrected chi connectivity index (χ4v) is 1.60. The van der Waals surface area contributed by atoms with Crippen LogP contribution in [0.15, 0.2) is 0 Å². The first-order valence-corrected chi connectivity index (χ1v) is 3.43. The van der Waals surface area contributed by atoms with E-state index in [0.717, 1.165) is 0 Å². The predicted molar refractivity (Wildman–Crippen MR) is 29.1 cm³/mol. The fraction of sp³-hybridized carbons (Fsp3) is 1.00. The van der Waals surface area contributed by atoms with E-state index in [2.05, 4.69) is 0 Å². The van der Waals surface area contributed by atoms with Crippen LogP contribution in [0.2, 0.25) is 0 Å². The minimum atomic E-state index is -0.975. The van der Waals surface area contributed by atoms with Gasteiger partial charge in [-0.2, -0.15) is 0 Å². The van der Waals surface area contributed by atoms with Gasteiger partial charge in [0.15, 0.2) is 6.29 Å². The van der Waals surface area contributed by atoms with E-state index in [1.807, 2.05) is 0 Å². The van der Waals surface area contributed by atoms with Crippen LogP contribution in [0.3, 0.4) is 0 Å². The number of rotatable bonds is 0. The number of hydrogen-bond acceptors (Lipinski definition) is 4. The quantitative estimate of drug-likeness (QED) is 0.411. The van der Waals surface area contributed by atoms with Crippen LogP contribution < -0.4 is 0 Å². The van der Waals surface area contributed by atoms with Crippen molar-refractivity contribution in [1.29, 1.82) is 0 Å². The summed E-state index contributed by atoms with van der Waals surface area (Å²) in [6.07, 6.45) is -0.834. The summed E-state index contributed by atoms with van der Waals surface area (Å²) < 4.78 is 10.1. The molecular weight excluding hydrogens is 136 g/mol. The maximum atomic E-state index is 9.46. The molecule has 0 aromatic carbocycles. The zero-order valence-corrected chi connectivity index (χ0v) is 5.23. The van der Waals surface area contributed by atoms with Crippen molar-refractivity contribution in [3.05, 3.63) is 0 Å². The second-order valence-electron chi connectivity index (χ2n) is 3.23. The highest BCUT2D eigenvalue weighted by Gasteiger charge is 2.72. The summed E-state index contributed by atoms with van der Waals surface area (Å²) in [6, 6.07) is 0. The van der Waals surface area contributed by atoms with Gasteiger partial charge >= 0.3 is 0 Å². The minimum absolute atomic E-state index is 0.175. The largest absolute Gasteiger partial charge is 0.387 e. The Balaban J connectivity index is 1.92. The molecule has 3 rings (SSSR count). The Kier molecular flexibility index (Phi) is 0.686. The van der Waals surface area contributed by atoms with Crippen molar-refractivity contribution in [1.82, 2.24) is 0 Å². The van der Waals surface area contributed by atoms with Gasteiger partial charge in [-0.3, -0.25) is 0 Å². The summed E-state index contributed by atoms with van der Waals surface area (Å²) >= 11 is 0. The number of ether oxygens (including phenoxy) is 2. The van der Waals surface area contributed by atoms with E-state index < -0.39 is 11.7 Å². The molecule has 3 aliphatic rings.